The number of nitrogens with two attached hydrogens (primary N) is 1. The van der Waals surface area contributed by atoms with Crippen LogP contribution in [0, 0.1) is 5.92 Å². The van der Waals surface area contributed by atoms with Crippen LogP contribution < -0.4 is 5.73 Å². The van der Waals surface area contributed by atoms with Gasteiger partial charge in [0.1, 0.15) is 0 Å². The minimum Gasteiger partial charge on any atom is -0.328 e. The first-order valence-electron chi connectivity index (χ1n) is 7.50. The number of rotatable bonds is 6. The van der Waals surface area contributed by atoms with Crippen molar-refractivity contribution in [1.29, 1.82) is 0 Å². The van der Waals surface area contributed by atoms with Crippen LogP contribution >= 0.6 is 0 Å². The lowest BCUT2D eigenvalue weighted by atomic mass is 9.97. The number of piperazine rings is 1. The Kier molecular flexibility index (Phi) is 6.09. The molecule has 1 fully saturated rings. The van der Waals surface area contributed by atoms with E-state index in [2.05, 4.69) is 44.5 Å². The molecule has 3 nitrogen and oxygen atoms in total. The average molecular weight is 255 g/mol. The van der Waals surface area contributed by atoms with Crippen LogP contribution in [-0.2, 0) is 0 Å². The highest BCUT2D eigenvalue weighted by molar-refractivity contribution is 4.88. The van der Waals surface area contributed by atoms with Gasteiger partial charge in [0.15, 0.2) is 0 Å². The summed E-state index contributed by atoms with van der Waals surface area (Å²) in [5, 5.41) is 0. The Hall–Kier alpha value is -0.120. The molecule has 0 spiro atoms. The molecule has 18 heavy (non-hydrogen) atoms. The van der Waals surface area contributed by atoms with E-state index < -0.39 is 0 Å². The van der Waals surface area contributed by atoms with Gasteiger partial charge >= 0.3 is 0 Å². The molecule has 0 aromatic carbocycles. The van der Waals surface area contributed by atoms with Crippen molar-refractivity contribution in [3.63, 3.8) is 0 Å². The molecule has 2 N–H and O–H groups in total. The van der Waals surface area contributed by atoms with E-state index in [-0.39, 0.29) is 0 Å². The molecule has 2 unspecified atom stereocenters. The largest absolute Gasteiger partial charge is 0.328 e. The van der Waals surface area contributed by atoms with E-state index in [1.54, 1.807) is 0 Å². The minimum absolute atomic E-state index is 0.323. The lowest BCUT2D eigenvalue weighted by molar-refractivity contribution is 0.0325. The van der Waals surface area contributed by atoms with Crippen LogP contribution in [0.5, 0.6) is 0 Å². The van der Waals surface area contributed by atoms with Gasteiger partial charge in [-0.1, -0.05) is 13.3 Å². The zero-order chi connectivity index (χ0) is 13.8. The highest BCUT2D eigenvalue weighted by Crippen LogP contribution is 2.20. The van der Waals surface area contributed by atoms with Gasteiger partial charge in [-0.15, -0.1) is 0 Å². The SMILES string of the molecule is CC(N)CCCC(C)CN1CCN(C)C(C)(C)C1. The monoisotopic (exact) mass is 255 g/mol. The second kappa shape index (κ2) is 6.88. The third-order valence-corrected chi connectivity index (χ3v) is 4.32. The topological polar surface area (TPSA) is 32.5 Å². The van der Waals surface area contributed by atoms with Crippen molar-refractivity contribution in [3.8, 4) is 0 Å². The molecule has 1 aliphatic heterocycles. The molecule has 0 aromatic heterocycles. The molecule has 1 aliphatic rings. The van der Waals surface area contributed by atoms with E-state index >= 15 is 0 Å². The van der Waals surface area contributed by atoms with Crippen LogP contribution in [0.25, 0.3) is 0 Å². The molecule has 108 valence electrons. The normalized spacial score (nSPS) is 25.0. The summed E-state index contributed by atoms with van der Waals surface area (Å²) in [5.41, 5.74) is 6.12. The second-order valence-corrected chi connectivity index (χ2v) is 6.98. The van der Waals surface area contributed by atoms with E-state index in [1.807, 2.05) is 0 Å². The molecule has 0 amide bonds. The van der Waals surface area contributed by atoms with E-state index in [0.717, 1.165) is 5.92 Å². The molecule has 0 aromatic rings. The van der Waals surface area contributed by atoms with Gasteiger partial charge in [-0.3, -0.25) is 9.80 Å². The highest BCUT2D eigenvalue weighted by Gasteiger charge is 2.31. The Morgan fingerprint density at radius 3 is 2.39 bits per heavy atom. The molecular formula is C15H33N3. The first-order chi connectivity index (χ1) is 8.31. The fourth-order valence-corrected chi connectivity index (χ4v) is 2.82. The van der Waals surface area contributed by atoms with Gasteiger partial charge in [0, 0.05) is 37.8 Å². The van der Waals surface area contributed by atoms with Crippen molar-refractivity contribution in [3.05, 3.63) is 0 Å². The molecule has 0 bridgehead atoms. The lowest BCUT2D eigenvalue weighted by Crippen LogP contribution is -2.58. The van der Waals surface area contributed by atoms with Crippen LogP contribution in [-0.4, -0.2) is 54.6 Å². The average Bonchev–Trinajstić information content (AvgIpc) is 2.22. The summed E-state index contributed by atoms with van der Waals surface area (Å²) < 4.78 is 0. The Labute approximate surface area is 114 Å². The van der Waals surface area contributed by atoms with Crippen LogP contribution in [0.2, 0.25) is 0 Å². The van der Waals surface area contributed by atoms with Crippen molar-refractivity contribution in [2.75, 3.05) is 33.2 Å². The van der Waals surface area contributed by atoms with E-state index in [4.69, 9.17) is 5.73 Å². The van der Waals surface area contributed by atoms with E-state index in [1.165, 1.54) is 45.4 Å². The summed E-state index contributed by atoms with van der Waals surface area (Å²) in [6, 6.07) is 0.361. The van der Waals surface area contributed by atoms with Gasteiger partial charge in [0.05, 0.1) is 0 Å². The maximum absolute atomic E-state index is 5.80. The summed E-state index contributed by atoms with van der Waals surface area (Å²) in [4.78, 5) is 5.11. The Bertz CT molecular complexity index is 238. The second-order valence-electron chi connectivity index (χ2n) is 6.98. The molecular weight excluding hydrogens is 222 g/mol. The fourth-order valence-electron chi connectivity index (χ4n) is 2.82. The number of likely N-dealkylation sites (N-methyl/N-ethyl adjacent to an activating group) is 1. The van der Waals surface area contributed by atoms with Crippen LogP contribution in [0.3, 0.4) is 0 Å². The predicted octanol–water partition coefficient (Wildman–Crippen LogP) is 2.17. The Morgan fingerprint density at radius 2 is 1.83 bits per heavy atom. The molecule has 1 heterocycles. The first kappa shape index (κ1) is 15.9. The number of hydrogen-bond acceptors (Lipinski definition) is 3. The molecule has 1 rings (SSSR count). The Balaban J connectivity index is 2.26. The van der Waals surface area contributed by atoms with Crippen molar-refractivity contribution in [2.24, 2.45) is 11.7 Å². The van der Waals surface area contributed by atoms with Gasteiger partial charge in [-0.2, -0.15) is 0 Å². The molecule has 0 saturated carbocycles. The number of nitrogens with zero attached hydrogens (tertiary/aromatic N) is 2. The van der Waals surface area contributed by atoms with Gasteiger partial charge < -0.3 is 5.73 Å². The van der Waals surface area contributed by atoms with Gasteiger partial charge in [-0.05, 0) is 46.6 Å². The van der Waals surface area contributed by atoms with Gasteiger partial charge in [0.25, 0.3) is 0 Å². The summed E-state index contributed by atoms with van der Waals surface area (Å²) in [6.45, 7) is 14.0. The quantitative estimate of drug-likeness (QED) is 0.789. The molecule has 2 atom stereocenters. The van der Waals surface area contributed by atoms with Crippen LogP contribution in [0.15, 0.2) is 0 Å². The lowest BCUT2D eigenvalue weighted by Gasteiger charge is -2.46. The molecule has 1 saturated heterocycles. The van der Waals surface area contributed by atoms with Gasteiger partial charge in [0.2, 0.25) is 0 Å². The van der Waals surface area contributed by atoms with E-state index in [0.29, 0.717) is 11.6 Å². The van der Waals surface area contributed by atoms with E-state index in [9.17, 15) is 0 Å². The fraction of sp³-hybridized carbons (Fsp3) is 1.00. The molecule has 3 heteroatoms. The summed E-state index contributed by atoms with van der Waals surface area (Å²) in [5.74, 6) is 0.794. The smallest absolute Gasteiger partial charge is 0.0277 e. The minimum atomic E-state index is 0.323. The third kappa shape index (κ3) is 5.25. The maximum Gasteiger partial charge on any atom is 0.0277 e. The predicted molar refractivity (Wildman–Crippen MR) is 79.8 cm³/mol. The van der Waals surface area contributed by atoms with Crippen LogP contribution in [0.4, 0.5) is 0 Å². The van der Waals surface area contributed by atoms with Crippen molar-refractivity contribution < 1.29 is 0 Å². The van der Waals surface area contributed by atoms with Gasteiger partial charge in [-0.25, -0.2) is 0 Å². The van der Waals surface area contributed by atoms with Crippen molar-refractivity contribution in [1.82, 2.24) is 9.80 Å². The summed E-state index contributed by atoms with van der Waals surface area (Å²) >= 11 is 0. The highest BCUT2D eigenvalue weighted by atomic mass is 15.3. The standard InChI is InChI=1S/C15H33N3/c1-13(7-6-8-14(2)16)11-18-10-9-17(5)15(3,4)12-18/h13-14H,6-12,16H2,1-5H3. The summed E-state index contributed by atoms with van der Waals surface area (Å²) in [6.07, 6.45) is 3.75. The number of hydrogen-bond donors (Lipinski definition) is 1. The maximum atomic E-state index is 5.80. The first-order valence-corrected chi connectivity index (χ1v) is 7.50. The zero-order valence-electron chi connectivity index (χ0n) is 13.1. The zero-order valence-corrected chi connectivity index (χ0v) is 13.1. The molecule has 0 aliphatic carbocycles. The van der Waals surface area contributed by atoms with Crippen LogP contribution in [0.1, 0.15) is 47.0 Å². The van der Waals surface area contributed by atoms with Crippen molar-refractivity contribution in [2.45, 2.75) is 58.5 Å². The third-order valence-electron chi connectivity index (χ3n) is 4.32. The van der Waals surface area contributed by atoms with Crippen molar-refractivity contribution >= 4 is 0 Å². The Morgan fingerprint density at radius 1 is 1.17 bits per heavy atom. The summed E-state index contributed by atoms with van der Waals surface area (Å²) in [7, 11) is 2.24. The molecule has 0 radical (unpaired) electrons.